The maximum absolute atomic E-state index is 12.2. The second-order valence-electron chi connectivity index (χ2n) is 5.44. The molecule has 7 heteroatoms. The SMILES string of the molecule is COc1ccccc1NC(=O)COc1cc(C)nc(-c2ccncc2)n1. The number of hydrogen-bond donors (Lipinski definition) is 1. The number of carbonyl (C=O) groups excluding carboxylic acids is 1. The fraction of sp³-hybridized carbons (Fsp3) is 0.158. The van der Waals surface area contributed by atoms with E-state index in [4.69, 9.17) is 9.47 Å². The summed E-state index contributed by atoms with van der Waals surface area (Å²) in [6.07, 6.45) is 3.34. The zero-order valence-corrected chi connectivity index (χ0v) is 14.5. The van der Waals surface area contributed by atoms with Crippen LogP contribution in [-0.2, 0) is 4.79 Å². The van der Waals surface area contributed by atoms with Gasteiger partial charge in [-0.05, 0) is 31.2 Å². The van der Waals surface area contributed by atoms with E-state index in [1.54, 1.807) is 37.7 Å². The summed E-state index contributed by atoms with van der Waals surface area (Å²) in [6.45, 7) is 1.67. The molecule has 0 saturated heterocycles. The third kappa shape index (κ3) is 4.32. The molecule has 0 radical (unpaired) electrons. The summed E-state index contributed by atoms with van der Waals surface area (Å²) in [7, 11) is 1.55. The number of methoxy groups -OCH3 is 1. The number of aromatic nitrogens is 3. The first-order chi connectivity index (χ1) is 12.7. The van der Waals surface area contributed by atoms with Gasteiger partial charge < -0.3 is 14.8 Å². The summed E-state index contributed by atoms with van der Waals surface area (Å²) >= 11 is 0. The summed E-state index contributed by atoms with van der Waals surface area (Å²) in [5, 5.41) is 2.75. The lowest BCUT2D eigenvalue weighted by atomic mass is 10.2. The topological polar surface area (TPSA) is 86.2 Å². The smallest absolute Gasteiger partial charge is 0.262 e. The predicted octanol–water partition coefficient (Wildman–Crippen LogP) is 2.87. The van der Waals surface area contributed by atoms with Crippen molar-refractivity contribution >= 4 is 11.6 Å². The summed E-state index contributed by atoms with van der Waals surface area (Å²) in [5.41, 5.74) is 2.15. The summed E-state index contributed by atoms with van der Waals surface area (Å²) in [6, 6.07) is 12.5. The second kappa shape index (κ2) is 8.06. The average Bonchev–Trinajstić information content (AvgIpc) is 2.67. The van der Waals surface area contributed by atoms with Crippen LogP contribution in [0.4, 0.5) is 5.69 Å². The molecule has 0 aliphatic carbocycles. The van der Waals surface area contributed by atoms with Gasteiger partial charge in [-0.1, -0.05) is 12.1 Å². The Bertz CT molecular complexity index is 900. The lowest BCUT2D eigenvalue weighted by molar-refractivity contribution is -0.118. The molecule has 1 N–H and O–H groups in total. The number of benzene rings is 1. The number of nitrogens with one attached hydrogen (secondary N) is 1. The Balaban J connectivity index is 1.68. The number of pyridine rings is 1. The van der Waals surface area contributed by atoms with E-state index in [1.165, 1.54) is 0 Å². The third-order valence-electron chi connectivity index (χ3n) is 3.50. The molecule has 0 saturated carbocycles. The number of ether oxygens (including phenoxy) is 2. The van der Waals surface area contributed by atoms with Crippen molar-refractivity contribution in [1.29, 1.82) is 0 Å². The molecule has 0 bridgehead atoms. The zero-order valence-electron chi connectivity index (χ0n) is 14.5. The van der Waals surface area contributed by atoms with Gasteiger partial charge in [-0.3, -0.25) is 9.78 Å². The van der Waals surface area contributed by atoms with Crippen molar-refractivity contribution < 1.29 is 14.3 Å². The number of carbonyl (C=O) groups is 1. The van der Waals surface area contributed by atoms with Crippen LogP contribution in [0.25, 0.3) is 11.4 Å². The maximum Gasteiger partial charge on any atom is 0.262 e. The van der Waals surface area contributed by atoms with Crippen molar-refractivity contribution in [3.8, 4) is 23.0 Å². The van der Waals surface area contributed by atoms with Crippen molar-refractivity contribution in [3.05, 3.63) is 60.6 Å². The second-order valence-corrected chi connectivity index (χ2v) is 5.44. The molecule has 0 unspecified atom stereocenters. The highest BCUT2D eigenvalue weighted by molar-refractivity contribution is 5.93. The summed E-state index contributed by atoms with van der Waals surface area (Å²) in [4.78, 5) is 24.9. The number of nitrogens with zero attached hydrogens (tertiary/aromatic N) is 3. The van der Waals surface area contributed by atoms with Crippen LogP contribution < -0.4 is 14.8 Å². The largest absolute Gasteiger partial charge is 0.495 e. The van der Waals surface area contributed by atoms with Gasteiger partial charge in [-0.15, -0.1) is 0 Å². The lowest BCUT2D eigenvalue weighted by Crippen LogP contribution is -2.21. The van der Waals surface area contributed by atoms with E-state index < -0.39 is 0 Å². The predicted molar refractivity (Wildman–Crippen MR) is 97.1 cm³/mol. The van der Waals surface area contributed by atoms with Crippen LogP contribution >= 0.6 is 0 Å². The molecule has 2 heterocycles. The molecule has 0 aliphatic rings. The fourth-order valence-electron chi connectivity index (χ4n) is 2.32. The number of para-hydroxylation sites is 2. The van der Waals surface area contributed by atoms with Gasteiger partial charge in [-0.2, -0.15) is 4.98 Å². The molecular formula is C19H18N4O3. The lowest BCUT2D eigenvalue weighted by Gasteiger charge is -2.11. The molecule has 3 rings (SSSR count). The number of hydrogen-bond acceptors (Lipinski definition) is 6. The molecule has 7 nitrogen and oxygen atoms in total. The van der Waals surface area contributed by atoms with Gasteiger partial charge in [0.25, 0.3) is 5.91 Å². The monoisotopic (exact) mass is 350 g/mol. The van der Waals surface area contributed by atoms with Gasteiger partial charge in [0.2, 0.25) is 5.88 Å². The van der Waals surface area contributed by atoms with Gasteiger partial charge in [0.05, 0.1) is 12.8 Å². The van der Waals surface area contributed by atoms with Crippen LogP contribution in [0.15, 0.2) is 54.9 Å². The minimum absolute atomic E-state index is 0.176. The maximum atomic E-state index is 12.2. The highest BCUT2D eigenvalue weighted by Crippen LogP contribution is 2.23. The third-order valence-corrected chi connectivity index (χ3v) is 3.50. The van der Waals surface area contributed by atoms with Crippen LogP contribution in [-0.4, -0.2) is 34.6 Å². The van der Waals surface area contributed by atoms with Gasteiger partial charge in [-0.25, -0.2) is 4.98 Å². The number of anilines is 1. The first-order valence-electron chi connectivity index (χ1n) is 7.97. The molecule has 26 heavy (non-hydrogen) atoms. The Kier molecular flexibility index (Phi) is 5.38. The summed E-state index contributed by atoms with van der Waals surface area (Å²) in [5.74, 6) is 1.13. The first kappa shape index (κ1) is 17.3. The minimum atomic E-state index is -0.309. The van der Waals surface area contributed by atoms with Crippen LogP contribution in [0, 0.1) is 6.92 Å². The standard InChI is InChI=1S/C19H18N4O3/c1-13-11-18(23-19(21-13)14-7-9-20-10-8-14)26-12-17(24)22-15-5-3-4-6-16(15)25-2/h3-11H,12H2,1-2H3,(H,22,24). The molecular weight excluding hydrogens is 332 g/mol. The Morgan fingerprint density at radius 1 is 1.12 bits per heavy atom. The Morgan fingerprint density at radius 3 is 2.65 bits per heavy atom. The van der Waals surface area contributed by atoms with E-state index in [1.807, 2.05) is 31.2 Å². The van der Waals surface area contributed by atoms with Crippen LogP contribution in [0.2, 0.25) is 0 Å². The van der Waals surface area contributed by atoms with E-state index in [0.29, 0.717) is 23.1 Å². The minimum Gasteiger partial charge on any atom is -0.495 e. The Labute approximate surface area is 151 Å². The van der Waals surface area contributed by atoms with Crippen molar-refractivity contribution in [3.63, 3.8) is 0 Å². The molecule has 3 aromatic rings. The van der Waals surface area contributed by atoms with Crippen molar-refractivity contribution in [2.24, 2.45) is 0 Å². The number of rotatable bonds is 6. The highest BCUT2D eigenvalue weighted by atomic mass is 16.5. The van der Waals surface area contributed by atoms with Crippen LogP contribution in [0.3, 0.4) is 0 Å². The quantitative estimate of drug-likeness (QED) is 0.736. The molecule has 1 amide bonds. The Hall–Kier alpha value is -3.48. The van der Waals surface area contributed by atoms with E-state index in [0.717, 1.165) is 11.3 Å². The van der Waals surface area contributed by atoms with Crippen molar-refractivity contribution in [1.82, 2.24) is 15.0 Å². The molecule has 1 aromatic carbocycles. The fourth-order valence-corrected chi connectivity index (χ4v) is 2.32. The van der Waals surface area contributed by atoms with Crippen molar-refractivity contribution in [2.45, 2.75) is 6.92 Å². The molecule has 0 aliphatic heterocycles. The molecule has 2 aromatic heterocycles. The van der Waals surface area contributed by atoms with Gasteiger partial charge >= 0.3 is 0 Å². The molecule has 132 valence electrons. The Morgan fingerprint density at radius 2 is 1.88 bits per heavy atom. The molecule has 0 fully saturated rings. The zero-order chi connectivity index (χ0) is 18.4. The first-order valence-corrected chi connectivity index (χ1v) is 7.97. The average molecular weight is 350 g/mol. The normalized spacial score (nSPS) is 10.2. The van der Waals surface area contributed by atoms with Crippen LogP contribution in [0.1, 0.15) is 5.69 Å². The molecule has 0 spiro atoms. The van der Waals surface area contributed by atoms with Gasteiger partial charge in [0.15, 0.2) is 12.4 Å². The van der Waals surface area contributed by atoms with E-state index >= 15 is 0 Å². The van der Waals surface area contributed by atoms with Crippen LogP contribution in [0.5, 0.6) is 11.6 Å². The molecule has 0 atom stereocenters. The van der Waals surface area contributed by atoms with E-state index in [2.05, 4.69) is 20.3 Å². The van der Waals surface area contributed by atoms with Crippen molar-refractivity contribution in [2.75, 3.05) is 19.0 Å². The van der Waals surface area contributed by atoms with Gasteiger partial charge in [0, 0.05) is 29.7 Å². The van der Waals surface area contributed by atoms with Gasteiger partial charge in [0.1, 0.15) is 5.75 Å². The van der Waals surface area contributed by atoms with E-state index in [-0.39, 0.29) is 12.5 Å². The highest BCUT2D eigenvalue weighted by Gasteiger charge is 2.10. The summed E-state index contributed by atoms with van der Waals surface area (Å²) < 4.78 is 10.7. The number of aryl methyl sites for hydroxylation is 1. The number of amides is 1. The van der Waals surface area contributed by atoms with E-state index in [9.17, 15) is 4.79 Å².